The van der Waals surface area contributed by atoms with Gasteiger partial charge in [-0.05, 0) is 30.2 Å². The van der Waals surface area contributed by atoms with Crippen molar-refractivity contribution in [2.45, 2.75) is 39.0 Å². The van der Waals surface area contributed by atoms with E-state index >= 15 is 0 Å². The molecule has 120 valence electrons. The summed E-state index contributed by atoms with van der Waals surface area (Å²) in [4.78, 5) is 10.5. The smallest absolute Gasteiger partial charge is 0.159 e. The maximum Gasteiger partial charge on any atom is 0.159 e. The molecule has 23 heavy (non-hydrogen) atoms. The van der Waals surface area contributed by atoms with Gasteiger partial charge in [0.1, 0.15) is 5.69 Å². The zero-order valence-corrected chi connectivity index (χ0v) is 14.2. The molecule has 0 saturated heterocycles. The predicted molar refractivity (Wildman–Crippen MR) is 94.0 cm³/mol. The Morgan fingerprint density at radius 1 is 1.26 bits per heavy atom. The number of benzene rings is 1. The van der Waals surface area contributed by atoms with Crippen molar-refractivity contribution in [1.82, 2.24) is 20.2 Å². The predicted octanol–water partition coefficient (Wildman–Crippen LogP) is 3.63. The zero-order chi connectivity index (χ0) is 16.2. The van der Waals surface area contributed by atoms with Crippen LogP contribution in [0.15, 0.2) is 18.2 Å². The highest BCUT2D eigenvalue weighted by Crippen LogP contribution is 2.41. The number of fused-ring (bicyclic) bond motifs is 2. The van der Waals surface area contributed by atoms with Crippen LogP contribution in [0.4, 0.5) is 5.69 Å². The number of H-pyrrole nitrogens is 2. The van der Waals surface area contributed by atoms with Gasteiger partial charge in [-0.3, -0.25) is 5.10 Å². The summed E-state index contributed by atoms with van der Waals surface area (Å²) in [5, 5.41) is 7.49. The van der Waals surface area contributed by atoms with Gasteiger partial charge in [0.25, 0.3) is 0 Å². The molecule has 2 aromatic heterocycles. The molecule has 2 N–H and O–H groups in total. The quantitative estimate of drug-likeness (QED) is 0.776. The maximum absolute atomic E-state index is 4.75. The number of aromatic amines is 2. The first-order chi connectivity index (χ1) is 11.0. The highest BCUT2D eigenvalue weighted by molar-refractivity contribution is 5.86. The van der Waals surface area contributed by atoms with E-state index in [2.05, 4.69) is 66.1 Å². The van der Waals surface area contributed by atoms with Crippen molar-refractivity contribution in [2.24, 2.45) is 0 Å². The summed E-state index contributed by atoms with van der Waals surface area (Å²) in [5.74, 6) is 0.836. The number of aromatic nitrogens is 4. The van der Waals surface area contributed by atoms with E-state index < -0.39 is 0 Å². The number of hydrogen-bond acceptors (Lipinski definition) is 3. The van der Waals surface area contributed by atoms with Gasteiger partial charge in [-0.1, -0.05) is 27.2 Å². The highest BCUT2D eigenvalue weighted by Gasteiger charge is 2.34. The third-order valence-corrected chi connectivity index (χ3v) is 4.77. The van der Waals surface area contributed by atoms with Crippen LogP contribution in [-0.2, 0) is 11.8 Å². The monoisotopic (exact) mass is 309 g/mol. The lowest BCUT2D eigenvalue weighted by molar-refractivity contribution is 0.563. The Kier molecular flexibility index (Phi) is 3.01. The summed E-state index contributed by atoms with van der Waals surface area (Å²) >= 11 is 0. The second-order valence-corrected chi connectivity index (χ2v) is 7.24. The summed E-state index contributed by atoms with van der Waals surface area (Å²) in [6.07, 6.45) is 2.12. The molecule has 0 aliphatic carbocycles. The zero-order valence-electron chi connectivity index (χ0n) is 14.2. The SMILES string of the molecule is CCCc1cc(-c2nc3cc4c(cc3[nH]2)C(C)(C)CN4C)n[nH]1. The van der Waals surface area contributed by atoms with E-state index in [9.17, 15) is 0 Å². The first-order valence-electron chi connectivity index (χ1n) is 8.28. The molecule has 1 aromatic carbocycles. The molecule has 3 heterocycles. The van der Waals surface area contributed by atoms with Gasteiger partial charge in [-0.25, -0.2) is 4.98 Å². The molecule has 4 rings (SSSR count). The highest BCUT2D eigenvalue weighted by atomic mass is 15.1. The van der Waals surface area contributed by atoms with Crippen LogP contribution in [-0.4, -0.2) is 33.8 Å². The van der Waals surface area contributed by atoms with Crippen LogP contribution in [0.1, 0.15) is 38.4 Å². The molecule has 0 unspecified atom stereocenters. The number of nitrogens with one attached hydrogen (secondary N) is 2. The molecule has 0 radical (unpaired) electrons. The summed E-state index contributed by atoms with van der Waals surface area (Å²) in [6.45, 7) is 7.80. The lowest BCUT2D eigenvalue weighted by Gasteiger charge is -2.18. The fourth-order valence-corrected chi connectivity index (χ4v) is 3.67. The molecule has 3 aromatic rings. The van der Waals surface area contributed by atoms with Crippen molar-refractivity contribution >= 4 is 16.7 Å². The van der Waals surface area contributed by atoms with Gasteiger partial charge in [0.2, 0.25) is 0 Å². The summed E-state index contributed by atoms with van der Waals surface area (Å²) in [6, 6.07) is 6.54. The molecule has 0 bridgehead atoms. The van der Waals surface area contributed by atoms with E-state index in [4.69, 9.17) is 4.98 Å². The molecule has 1 aliphatic rings. The Bertz CT molecular complexity index is 871. The molecule has 0 spiro atoms. The van der Waals surface area contributed by atoms with E-state index in [1.54, 1.807) is 0 Å². The minimum Gasteiger partial charge on any atom is -0.373 e. The summed E-state index contributed by atoms with van der Waals surface area (Å²) in [5.41, 5.74) is 6.98. The third-order valence-electron chi connectivity index (χ3n) is 4.77. The van der Waals surface area contributed by atoms with E-state index in [1.165, 1.54) is 11.3 Å². The van der Waals surface area contributed by atoms with Crippen molar-refractivity contribution in [2.75, 3.05) is 18.5 Å². The topological polar surface area (TPSA) is 60.6 Å². The van der Waals surface area contributed by atoms with Crippen molar-refractivity contribution in [1.29, 1.82) is 0 Å². The van der Waals surface area contributed by atoms with E-state index in [-0.39, 0.29) is 5.41 Å². The normalized spacial score (nSPS) is 16.3. The fraction of sp³-hybridized carbons (Fsp3) is 0.444. The number of imidazole rings is 1. The van der Waals surface area contributed by atoms with Crippen LogP contribution in [0.5, 0.6) is 0 Å². The van der Waals surface area contributed by atoms with Crippen LogP contribution in [0.25, 0.3) is 22.6 Å². The Labute approximate surface area is 136 Å². The third kappa shape index (κ3) is 2.22. The molecule has 0 amide bonds. The Morgan fingerprint density at radius 3 is 2.87 bits per heavy atom. The van der Waals surface area contributed by atoms with Crippen molar-refractivity contribution < 1.29 is 0 Å². The largest absolute Gasteiger partial charge is 0.373 e. The summed E-state index contributed by atoms with van der Waals surface area (Å²) in [7, 11) is 2.15. The van der Waals surface area contributed by atoms with Crippen molar-refractivity contribution in [3.05, 3.63) is 29.5 Å². The molecule has 5 nitrogen and oxygen atoms in total. The molecule has 0 fully saturated rings. The van der Waals surface area contributed by atoms with E-state index in [0.717, 1.165) is 47.6 Å². The molecule has 1 aliphatic heterocycles. The number of aryl methyl sites for hydroxylation is 1. The number of hydrogen-bond donors (Lipinski definition) is 2. The first-order valence-corrected chi connectivity index (χ1v) is 8.28. The van der Waals surface area contributed by atoms with Crippen LogP contribution in [0, 0.1) is 0 Å². The van der Waals surface area contributed by atoms with Gasteiger partial charge >= 0.3 is 0 Å². The van der Waals surface area contributed by atoms with Gasteiger partial charge in [0.15, 0.2) is 5.82 Å². The van der Waals surface area contributed by atoms with Crippen molar-refractivity contribution in [3.63, 3.8) is 0 Å². The van der Waals surface area contributed by atoms with Gasteiger partial charge in [-0.15, -0.1) is 0 Å². The lowest BCUT2D eigenvalue weighted by atomic mass is 9.87. The minimum absolute atomic E-state index is 0.171. The number of anilines is 1. The molecule has 0 atom stereocenters. The Hall–Kier alpha value is -2.30. The van der Waals surface area contributed by atoms with Crippen LogP contribution >= 0.6 is 0 Å². The molecular weight excluding hydrogens is 286 g/mol. The number of rotatable bonds is 3. The van der Waals surface area contributed by atoms with Crippen LogP contribution < -0.4 is 4.90 Å². The second-order valence-electron chi connectivity index (χ2n) is 7.24. The molecular formula is C18H23N5. The molecule has 5 heteroatoms. The Balaban J connectivity index is 1.79. The number of nitrogens with zero attached hydrogens (tertiary/aromatic N) is 3. The summed E-state index contributed by atoms with van der Waals surface area (Å²) < 4.78 is 0. The van der Waals surface area contributed by atoms with Crippen LogP contribution in [0.2, 0.25) is 0 Å². The lowest BCUT2D eigenvalue weighted by Crippen LogP contribution is -2.24. The maximum atomic E-state index is 4.75. The minimum atomic E-state index is 0.171. The van der Waals surface area contributed by atoms with E-state index in [1.807, 2.05) is 0 Å². The molecule has 0 saturated carbocycles. The van der Waals surface area contributed by atoms with Crippen LogP contribution in [0.3, 0.4) is 0 Å². The van der Waals surface area contributed by atoms with E-state index in [0.29, 0.717) is 0 Å². The van der Waals surface area contributed by atoms with Gasteiger partial charge in [0.05, 0.1) is 11.0 Å². The fourth-order valence-electron chi connectivity index (χ4n) is 3.67. The average Bonchev–Trinajstić information content (AvgIpc) is 3.15. The van der Waals surface area contributed by atoms with Gasteiger partial charge in [-0.2, -0.15) is 5.10 Å². The second kappa shape index (κ2) is 4.85. The average molecular weight is 309 g/mol. The Morgan fingerprint density at radius 2 is 2.09 bits per heavy atom. The van der Waals surface area contributed by atoms with Crippen molar-refractivity contribution in [3.8, 4) is 11.5 Å². The van der Waals surface area contributed by atoms with Gasteiger partial charge < -0.3 is 9.88 Å². The number of likely N-dealkylation sites (N-methyl/N-ethyl adjacent to an activating group) is 1. The standard InChI is InChI=1S/C18H23N5/c1-5-6-11-7-15(22-21-11)17-19-13-8-12-16(9-14(13)20-17)23(4)10-18(12,2)3/h7-9H,5-6,10H2,1-4H3,(H,19,20)(H,21,22). The first kappa shape index (κ1) is 14.3. The van der Waals surface area contributed by atoms with Gasteiger partial charge in [0, 0.05) is 30.4 Å².